The molecule has 0 saturated carbocycles. The average molecular weight is 513 g/mol. The molecular weight excluding hydrogens is 488 g/mol. The predicted molar refractivity (Wildman–Crippen MR) is 137 cm³/mol. The number of anilines is 2. The monoisotopic (exact) mass is 512 g/mol. The van der Waals surface area contributed by atoms with Crippen LogP contribution >= 0.6 is 22.9 Å². The molecule has 0 fully saturated rings. The molecule has 2 aromatic carbocycles. The Morgan fingerprint density at radius 2 is 1.77 bits per heavy atom. The van der Waals surface area contributed by atoms with Gasteiger partial charge in [0.2, 0.25) is 0 Å². The van der Waals surface area contributed by atoms with Crippen LogP contribution in [0.15, 0.2) is 48.5 Å². The zero-order chi connectivity index (χ0) is 24.9. The Morgan fingerprint density at radius 3 is 2.46 bits per heavy atom. The van der Waals surface area contributed by atoms with E-state index in [1.807, 2.05) is 0 Å². The minimum Gasteiger partial charge on any atom is -0.484 e. The molecule has 35 heavy (non-hydrogen) atoms. The molecule has 1 aromatic heterocycles. The Kier molecular flexibility index (Phi) is 7.73. The van der Waals surface area contributed by atoms with Crippen molar-refractivity contribution in [2.45, 2.75) is 26.2 Å². The fourth-order valence-corrected chi connectivity index (χ4v) is 5.45. The fraction of sp³-hybridized carbons (Fsp3) is 0.269. The second-order valence-corrected chi connectivity index (χ2v) is 9.91. The first kappa shape index (κ1) is 24.8. The van der Waals surface area contributed by atoms with Gasteiger partial charge in [-0.2, -0.15) is 0 Å². The van der Waals surface area contributed by atoms with Crippen LogP contribution in [0.1, 0.15) is 44.5 Å². The van der Waals surface area contributed by atoms with E-state index in [9.17, 15) is 14.4 Å². The summed E-state index contributed by atoms with van der Waals surface area (Å²) in [6.07, 6.45) is 2.67. The third-order valence-electron chi connectivity index (χ3n) is 5.74. The number of hydrogen-bond acceptors (Lipinski definition) is 6. The van der Waals surface area contributed by atoms with E-state index < -0.39 is 5.97 Å². The van der Waals surface area contributed by atoms with Crippen molar-refractivity contribution in [1.82, 2.24) is 0 Å². The number of carbonyl (C=O) groups is 3. The van der Waals surface area contributed by atoms with Gasteiger partial charge in [-0.15, -0.1) is 11.3 Å². The molecule has 2 N–H and O–H groups in total. The van der Waals surface area contributed by atoms with E-state index in [-0.39, 0.29) is 18.4 Å². The van der Waals surface area contributed by atoms with Crippen molar-refractivity contribution in [3.63, 3.8) is 0 Å². The Labute approximate surface area is 212 Å². The summed E-state index contributed by atoms with van der Waals surface area (Å²) in [7, 11) is 1.34. The molecule has 0 radical (unpaired) electrons. The van der Waals surface area contributed by atoms with E-state index in [0.29, 0.717) is 38.5 Å². The number of nitrogens with one attached hydrogen (secondary N) is 2. The molecular formula is C26H25ClN2O5S. The number of ether oxygens (including phenoxy) is 2. The van der Waals surface area contributed by atoms with Crippen molar-refractivity contribution in [3.05, 3.63) is 75.1 Å². The SMILES string of the molecule is COC(=O)c1c(NC(=O)COc2ccc(C(=O)Nc3ccc(Cl)cc3)cc2)sc2c1CCC(C)C2. The first-order chi connectivity index (χ1) is 16.8. The largest absolute Gasteiger partial charge is 0.484 e. The van der Waals surface area contributed by atoms with Gasteiger partial charge in [-0.25, -0.2) is 4.79 Å². The molecule has 0 saturated heterocycles. The summed E-state index contributed by atoms with van der Waals surface area (Å²) in [6, 6.07) is 13.3. The molecule has 1 aliphatic carbocycles. The maximum absolute atomic E-state index is 12.6. The molecule has 7 nitrogen and oxygen atoms in total. The molecule has 2 amide bonds. The number of amides is 2. The molecule has 3 aromatic rings. The van der Waals surface area contributed by atoms with E-state index in [2.05, 4.69) is 17.6 Å². The summed E-state index contributed by atoms with van der Waals surface area (Å²) in [4.78, 5) is 38.5. The van der Waals surface area contributed by atoms with Gasteiger partial charge in [0, 0.05) is 21.2 Å². The number of halogens is 1. The predicted octanol–water partition coefficient (Wildman–Crippen LogP) is 5.58. The van der Waals surface area contributed by atoms with Crippen LogP contribution in [-0.2, 0) is 22.4 Å². The van der Waals surface area contributed by atoms with Gasteiger partial charge in [-0.1, -0.05) is 18.5 Å². The van der Waals surface area contributed by atoms with Crippen LogP contribution in [0.4, 0.5) is 10.7 Å². The minimum absolute atomic E-state index is 0.240. The lowest BCUT2D eigenvalue weighted by atomic mass is 9.88. The van der Waals surface area contributed by atoms with Gasteiger partial charge in [0.1, 0.15) is 10.8 Å². The van der Waals surface area contributed by atoms with Gasteiger partial charge < -0.3 is 20.1 Å². The van der Waals surface area contributed by atoms with E-state index in [1.165, 1.54) is 18.4 Å². The molecule has 182 valence electrons. The van der Waals surface area contributed by atoms with Crippen molar-refractivity contribution in [1.29, 1.82) is 0 Å². The maximum atomic E-state index is 12.6. The van der Waals surface area contributed by atoms with E-state index >= 15 is 0 Å². The van der Waals surface area contributed by atoms with Crippen molar-refractivity contribution in [2.24, 2.45) is 5.92 Å². The Balaban J connectivity index is 1.35. The first-order valence-electron chi connectivity index (χ1n) is 11.2. The lowest BCUT2D eigenvalue weighted by Crippen LogP contribution is -2.21. The smallest absolute Gasteiger partial charge is 0.341 e. The number of methoxy groups -OCH3 is 1. The number of fused-ring (bicyclic) bond motifs is 1. The standard InChI is InChI=1S/C26H25ClN2O5S/c1-15-3-12-20-21(13-15)35-25(23(20)26(32)33-2)29-22(30)14-34-19-10-4-16(5-11-19)24(31)28-18-8-6-17(27)7-9-18/h4-11,15H,3,12-14H2,1-2H3,(H,28,31)(H,29,30). The Hall–Kier alpha value is -3.36. The first-order valence-corrected chi connectivity index (χ1v) is 12.4. The average Bonchev–Trinajstić information content (AvgIpc) is 3.20. The van der Waals surface area contributed by atoms with Gasteiger partial charge in [0.05, 0.1) is 12.7 Å². The van der Waals surface area contributed by atoms with Gasteiger partial charge in [-0.05, 0) is 79.3 Å². The number of carbonyl (C=O) groups excluding carboxylic acids is 3. The Morgan fingerprint density at radius 1 is 1.06 bits per heavy atom. The van der Waals surface area contributed by atoms with E-state index in [0.717, 1.165) is 29.7 Å². The van der Waals surface area contributed by atoms with Crippen molar-refractivity contribution in [2.75, 3.05) is 24.4 Å². The van der Waals surface area contributed by atoms with Gasteiger partial charge >= 0.3 is 5.97 Å². The minimum atomic E-state index is -0.444. The van der Waals surface area contributed by atoms with Gasteiger partial charge in [-0.3, -0.25) is 9.59 Å². The zero-order valence-corrected chi connectivity index (χ0v) is 20.9. The lowest BCUT2D eigenvalue weighted by molar-refractivity contribution is -0.118. The van der Waals surface area contributed by atoms with Crippen LogP contribution in [0, 0.1) is 5.92 Å². The summed E-state index contributed by atoms with van der Waals surface area (Å²) < 4.78 is 10.5. The van der Waals surface area contributed by atoms with Crippen LogP contribution in [0.25, 0.3) is 0 Å². The summed E-state index contributed by atoms with van der Waals surface area (Å²) in [5, 5.41) is 6.68. The van der Waals surface area contributed by atoms with Gasteiger partial charge in [0.15, 0.2) is 6.61 Å². The number of rotatable bonds is 7. The molecule has 1 aliphatic rings. The number of benzene rings is 2. The number of hydrogen-bond donors (Lipinski definition) is 2. The summed E-state index contributed by atoms with van der Waals surface area (Å²) in [6.45, 7) is 1.94. The van der Waals surface area contributed by atoms with Crippen molar-refractivity contribution >= 4 is 51.4 Å². The third kappa shape index (κ3) is 6.01. The highest BCUT2D eigenvalue weighted by Crippen LogP contribution is 2.40. The maximum Gasteiger partial charge on any atom is 0.341 e. The topological polar surface area (TPSA) is 93.7 Å². The molecule has 0 aliphatic heterocycles. The van der Waals surface area contributed by atoms with Crippen LogP contribution < -0.4 is 15.4 Å². The van der Waals surface area contributed by atoms with Crippen LogP contribution in [-0.4, -0.2) is 31.5 Å². The van der Waals surface area contributed by atoms with Gasteiger partial charge in [0.25, 0.3) is 11.8 Å². The molecule has 9 heteroatoms. The van der Waals surface area contributed by atoms with Crippen molar-refractivity contribution < 1.29 is 23.9 Å². The van der Waals surface area contributed by atoms with Crippen LogP contribution in [0.3, 0.4) is 0 Å². The molecule has 4 rings (SSSR count). The lowest BCUT2D eigenvalue weighted by Gasteiger charge is -2.18. The number of esters is 1. The highest BCUT2D eigenvalue weighted by molar-refractivity contribution is 7.17. The summed E-state index contributed by atoms with van der Waals surface area (Å²) >= 11 is 7.29. The number of thiophene rings is 1. The second kappa shape index (κ2) is 10.9. The molecule has 1 atom stereocenters. The van der Waals surface area contributed by atoms with E-state index in [4.69, 9.17) is 21.1 Å². The zero-order valence-electron chi connectivity index (χ0n) is 19.4. The Bertz CT molecular complexity index is 1240. The van der Waals surface area contributed by atoms with Crippen LogP contribution in [0.2, 0.25) is 5.02 Å². The molecule has 1 heterocycles. The van der Waals surface area contributed by atoms with Crippen molar-refractivity contribution in [3.8, 4) is 5.75 Å². The summed E-state index contributed by atoms with van der Waals surface area (Å²) in [5.74, 6) is -0.125. The quantitative estimate of drug-likeness (QED) is 0.403. The van der Waals surface area contributed by atoms with Crippen LogP contribution in [0.5, 0.6) is 5.75 Å². The highest BCUT2D eigenvalue weighted by Gasteiger charge is 2.28. The molecule has 0 spiro atoms. The molecule has 0 bridgehead atoms. The second-order valence-electron chi connectivity index (χ2n) is 8.37. The molecule has 1 unspecified atom stereocenters. The van der Waals surface area contributed by atoms with E-state index in [1.54, 1.807) is 48.5 Å². The summed E-state index contributed by atoms with van der Waals surface area (Å²) in [5.41, 5.74) is 2.50. The third-order valence-corrected chi connectivity index (χ3v) is 7.16. The normalized spacial score (nSPS) is 14.5. The highest BCUT2D eigenvalue weighted by atomic mass is 35.5. The fourth-order valence-electron chi connectivity index (χ4n) is 3.91.